The lowest BCUT2D eigenvalue weighted by molar-refractivity contribution is -0.384. The van der Waals surface area contributed by atoms with E-state index in [-0.39, 0.29) is 22.7 Å². The van der Waals surface area contributed by atoms with Crippen LogP contribution in [0.2, 0.25) is 0 Å². The van der Waals surface area contributed by atoms with Crippen molar-refractivity contribution >= 4 is 21.4 Å². The van der Waals surface area contributed by atoms with Crippen LogP contribution >= 0.6 is 0 Å². The highest BCUT2D eigenvalue weighted by Crippen LogP contribution is 2.22. The van der Waals surface area contributed by atoms with Crippen LogP contribution in [0.3, 0.4) is 0 Å². The predicted octanol–water partition coefficient (Wildman–Crippen LogP) is 3.40. The number of nitro groups is 1. The van der Waals surface area contributed by atoms with Gasteiger partial charge in [-0.3, -0.25) is 25.0 Å². The lowest BCUT2D eigenvalue weighted by Crippen LogP contribution is -2.19. The summed E-state index contributed by atoms with van der Waals surface area (Å²) < 4.78 is 24.2. The van der Waals surface area contributed by atoms with Crippen LogP contribution in [0.25, 0.3) is 16.9 Å². The summed E-state index contributed by atoms with van der Waals surface area (Å²) in [5.41, 5.74) is 2.90. The maximum Gasteiger partial charge on any atom is 0.280 e. The van der Waals surface area contributed by atoms with Gasteiger partial charge in [-0.2, -0.15) is 0 Å². The molecular formula is C24H21N5O5S. The summed E-state index contributed by atoms with van der Waals surface area (Å²) >= 11 is 0. The molecule has 0 unspecified atom stereocenters. The molecule has 35 heavy (non-hydrogen) atoms. The molecule has 0 aliphatic rings. The van der Waals surface area contributed by atoms with Crippen LogP contribution in [0.1, 0.15) is 18.1 Å². The minimum absolute atomic E-state index is 0.00457. The zero-order valence-electron chi connectivity index (χ0n) is 18.6. The topological polar surface area (TPSA) is 153 Å². The number of aliphatic imine (C=N–C) groups is 1. The Morgan fingerprint density at radius 1 is 1.03 bits per heavy atom. The first-order valence-electron chi connectivity index (χ1n) is 10.4. The lowest BCUT2D eigenvalue weighted by Gasteiger charge is -2.04. The Kier molecular flexibility index (Phi) is 6.45. The van der Waals surface area contributed by atoms with E-state index >= 15 is 0 Å². The van der Waals surface area contributed by atoms with Gasteiger partial charge < -0.3 is 0 Å². The highest BCUT2D eigenvalue weighted by molar-refractivity contribution is 7.89. The van der Waals surface area contributed by atoms with Crippen molar-refractivity contribution in [2.45, 2.75) is 18.4 Å². The Labute approximate surface area is 200 Å². The Balaban J connectivity index is 1.75. The van der Waals surface area contributed by atoms with E-state index in [4.69, 9.17) is 5.14 Å². The Morgan fingerprint density at radius 2 is 1.66 bits per heavy atom. The van der Waals surface area contributed by atoms with Crippen molar-refractivity contribution in [2.75, 3.05) is 0 Å². The molecule has 0 bridgehead atoms. The molecule has 0 radical (unpaired) electrons. The second-order valence-electron chi connectivity index (χ2n) is 7.73. The summed E-state index contributed by atoms with van der Waals surface area (Å²) in [6.45, 7) is 1.93. The van der Waals surface area contributed by atoms with Crippen LogP contribution in [0.15, 0.2) is 93.5 Å². The van der Waals surface area contributed by atoms with E-state index in [0.29, 0.717) is 22.7 Å². The summed E-state index contributed by atoms with van der Waals surface area (Å²) in [6.07, 6.45) is 0. The number of H-pyrrole nitrogens is 1. The van der Waals surface area contributed by atoms with E-state index in [1.165, 1.54) is 41.1 Å². The summed E-state index contributed by atoms with van der Waals surface area (Å²) in [5, 5.41) is 19.2. The largest absolute Gasteiger partial charge is 0.290 e. The van der Waals surface area contributed by atoms with Crippen molar-refractivity contribution < 1.29 is 13.3 Å². The normalized spacial score (nSPS) is 12.0. The van der Waals surface area contributed by atoms with E-state index < -0.39 is 14.9 Å². The number of primary sulfonamides is 1. The molecule has 4 rings (SSSR count). The molecule has 0 amide bonds. The van der Waals surface area contributed by atoms with Gasteiger partial charge in [-0.25, -0.2) is 18.2 Å². The minimum Gasteiger partial charge on any atom is -0.290 e. The molecule has 0 saturated carbocycles. The van der Waals surface area contributed by atoms with Gasteiger partial charge >= 0.3 is 0 Å². The van der Waals surface area contributed by atoms with E-state index in [2.05, 4.69) is 10.1 Å². The van der Waals surface area contributed by atoms with Crippen LogP contribution in [0, 0.1) is 10.1 Å². The first-order chi connectivity index (χ1) is 16.6. The fourth-order valence-corrected chi connectivity index (χ4v) is 4.08. The zero-order valence-corrected chi connectivity index (χ0v) is 19.4. The molecule has 0 fully saturated rings. The van der Waals surface area contributed by atoms with Crippen molar-refractivity contribution in [3.63, 3.8) is 0 Å². The Morgan fingerprint density at radius 3 is 2.23 bits per heavy atom. The fraction of sp³-hybridized carbons (Fsp3) is 0.0833. The first-order valence-corrected chi connectivity index (χ1v) is 12.0. The third-order valence-electron chi connectivity index (χ3n) is 5.38. The van der Waals surface area contributed by atoms with Crippen molar-refractivity contribution in [1.82, 2.24) is 9.78 Å². The number of benzene rings is 3. The van der Waals surface area contributed by atoms with Gasteiger partial charge in [0, 0.05) is 23.4 Å². The van der Waals surface area contributed by atoms with E-state index in [1.807, 2.05) is 30.3 Å². The molecular weight excluding hydrogens is 470 g/mol. The minimum atomic E-state index is -3.79. The number of rotatable bonds is 7. The number of aromatic nitrogens is 2. The second kappa shape index (κ2) is 9.49. The van der Waals surface area contributed by atoms with Crippen molar-refractivity contribution in [3.8, 4) is 16.9 Å². The number of nitrogens with zero attached hydrogens (tertiary/aromatic N) is 3. The first kappa shape index (κ1) is 23.8. The number of hydrogen-bond donors (Lipinski definition) is 2. The average molecular weight is 492 g/mol. The molecule has 3 aromatic carbocycles. The van der Waals surface area contributed by atoms with Gasteiger partial charge in [0.2, 0.25) is 10.0 Å². The molecule has 11 heteroatoms. The Hall–Kier alpha value is -4.35. The third kappa shape index (κ3) is 5.10. The number of nitrogens with two attached hydrogens (primary N) is 1. The van der Waals surface area contributed by atoms with E-state index in [9.17, 15) is 23.3 Å². The fourth-order valence-electron chi connectivity index (χ4n) is 3.57. The van der Waals surface area contributed by atoms with E-state index in [1.54, 1.807) is 19.1 Å². The molecule has 3 N–H and O–H groups in total. The zero-order chi connectivity index (χ0) is 25.2. The SMILES string of the molecule is CC(=NCc1ccc(S(N)(=O)=O)cc1)c1c(-c2ccccc2)[nH]n(-c2ccc([N+](=O)[O-])cc2)c1=O. The predicted molar refractivity (Wildman–Crippen MR) is 132 cm³/mol. The van der Waals surface area contributed by atoms with Crippen molar-refractivity contribution in [1.29, 1.82) is 0 Å². The number of non-ortho nitro benzene ring substituents is 1. The maximum atomic E-state index is 13.4. The molecule has 178 valence electrons. The number of nitro benzene ring substituents is 1. The smallest absolute Gasteiger partial charge is 0.280 e. The van der Waals surface area contributed by atoms with Gasteiger partial charge in [-0.1, -0.05) is 42.5 Å². The standard InChI is InChI=1S/C24H21N5O5S/c1-16(26-15-17-7-13-21(14-8-17)35(25,33)34)22-23(18-5-3-2-4-6-18)27-28(24(22)30)19-9-11-20(12-10-19)29(31)32/h2-14,27H,15H2,1H3,(H2,25,33,34). The highest BCUT2D eigenvalue weighted by Gasteiger charge is 2.19. The van der Waals surface area contributed by atoms with Crippen LogP contribution in [0.4, 0.5) is 5.69 Å². The van der Waals surface area contributed by atoms with Crippen molar-refractivity contribution in [3.05, 3.63) is 110 Å². The molecule has 4 aromatic rings. The molecule has 1 aromatic heterocycles. The van der Waals surface area contributed by atoms with Crippen molar-refractivity contribution in [2.24, 2.45) is 10.1 Å². The van der Waals surface area contributed by atoms with E-state index in [0.717, 1.165) is 11.1 Å². The molecule has 0 aliphatic heterocycles. The Bertz CT molecular complexity index is 1570. The molecule has 10 nitrogen and oxygen atoms in total. The quantitative estimate of drug-likeness (QED) is 0.230. The summed E-state index contributed by atoms with van der Waals surface area (Å²) in [5.74, 6) is 0. The van der Waals surface area contributed by atoms with Gasteiger partial charge in [-0.15, -0.1) is 0 Å². The molecule has 0 aliphatic carbocycles. The summed E-state index contributed by atoms with van der Waals surface area (Å²) in [6, 6.07) is 21.0. The van der Waals surface area contributed by atoms with Gasteiger partial charge in [0.05, 0.1) is 33.3 Å². The number of nitrogens with one attached hydrogen (secondary N) is 1. The number of aromatic amines is 1. The average Bonchev–Trinajstić information content (AvgIpc) is 3.20. The maximum absolute atomic E-state index is 13.4. The molecule has 0 atom stereocenters. The number of hydrogen-bond acceptors (Lipinski definition) is 6. The molecule has 0 spiro atoms. The molecule has 1 heterocycles. The van der Waals surface area contributed by atoms with Gasteiger partial charge in [0.25, 0.3) is 11.2 Å². The lowest BCUT2D eigenvalue weighted by atomic mass is 10.1. The monoisotopic (exact) mass is 491 g/mol. The van der Waals surface area contributed by atoms with Crippen LogP contribution < -0.4 is 10.7 Å². The third-order valence-corrected chi connectivity index (χ3v) is 6.31. The summed E-state index contributed by atoms with van der Waals surface area (Å²) in [4.78, 5) is 28.5. The number of sulfonamides is 1. The van der Waals surface area contributed by atoms with Crippen LogP contribution in [-0.2, 0) is 16.6 Å². The van der Waals surface area contributed by atoms with Gasteiger partial charge in [0.1, 0.15) is 0 Å². The van der Waals surface area contributed by atoms with Crippen LogP contribution in [-0.4, -0.2) is 28.8 Å². The second-order valence-corrected chi connectivity index (χ2v) is 9.29. The van der Waals surface area contributed by atoms with Crippen LogP contribution in [0.5, 0.6) is 0 Å². The van der Waals surface area contributed by atoms with Gasteiger partial charge in [0.15, 0.2) is 0 Å². The summed E-state index contributed by atoms with van der Waals surface area (Å²) in [7, 11) is -3.79. The van der Waals surface area contributed by atoms with Gasteiger partial charge in [-0.05, 0) is 36.8 Å². The highest BCUT2D eigenvalue weighted by atomic mass is 32.2. The molecule has 0 saturated heterocycles.